The number of hydrogen-bond acceptors (Lipinski definition) is 2. The monoisotopic (exact) mass is 209 g/mol. The van der Waals surface area contributed by atoms with Crippen molar-refractivity contribution >= 4 is 19.1 Å². The van der Waals surface area contributed by atoms with Crippen molar-refractivity contribution < 1.29 is 4.79 Å². The summed E-state index contributed by atoms with van der Waals surface area (Å²) in [6.07, 6.45) is 2.28. The van der Waals surface area contributed by atoms with E-state index in [0.717, 1.165) is 17.8 Å². The number of Topliss-reactive ketones (excluding diaryl/α,β-unsaturated/α-hetero) is 1. The lowest BCUT2D eigenvalue weighted by Crippen LogP contribution is -2.12. The molecule has 0 saturated carbocycles. The summed E-state index contributed by atoms with van der Waals surface area (Å²) in [5.41, 5.74) is 1.70. The second kappa shape index (κ2) is 5.21. The molecule has 2 nitrogen and oxygen atoms in total. The highest BCUT2D eigenvalue weighted by Crippen LogP contribution is 2.31. The van der Waals surface area contributed by atoms with Crippen LogP contribution in [-0.4, -0.2) is 23.1 Å². The van der Waals surface area contributed by atoms with Gasteiger partial charge in [0.15, 0.2) is 5.78 Å². The van der Waals surface area contributed by atoms with E-state index in [-0.39, 0.29) is 13.7 Å². The zero-order valence-corrected chi connectivity index (χ0v) is 9.84. The normalized spacial score (nSPS) is 10.6. The SMILES string of the molecule is CCP(CC)c1cccc(C(C)=O)n1. The highest BCUT2D eigenvalue weighted by molar-refractivity contribution is 7.65. The van der Waals surface area contributed by atoms with Gasteiger partial charge in [-0.2, -0.15) is 0 Å². The third kappa shape index (κ3) is 2.62. The molecule has 0 amide bonds. The molecule has 0 aromatic carbocycles. The molecule has 1 aromatic rings. The molecule has 0 fully saturated rings. The topological polar surface area (TPSA) is 30.0 Å². The van der Waals surface area contributed by atoms with Crippen LogP contribution in [-0.2, 0) is 0 Å². The molecular weight excluding hydrogens is 193 g/mol. The number of carbonyl (C=O) groups is 1. The molecule has 1 rings (SSSR count). The second-order valence-corrected chi connectivity index (χ2v) is 5.91. The Kier molecular flexibility index (Phi) is 4.21. The van der Waals surface area contributed by atoms with Gasteiger partial charge in [0.1, 0.15) is 5.69 Å². The van der Waals surface area contributed by atoms with Crippen molar-refractivity contribution in [3.8, 4) is 0 Å². The highest BCUT2D eigenvalue weighted by Gasteiger charge is 2.09. The van der Waals surface area contributed by atoms with Crippen molar-refractivity contribution in [1.82, 2.24) is 4.98 Å². The molecule has 0 atom stereocenters. The summed E-state index contributed by atoms with van der Waals surface area (Å²) >= 11 is 0. The van der Waals surface area contributed by atoms with Crippen LogP contribution in [0.3, 0.4) is 0 Å². The predicted molar refractivity (Wildman–Crippen MR) is 61.9 cm³/mol. The van der Waals surface area contributed by atoms with E-state index >= 15 is 0 Å². The maximum atomic E-state index is 11.1. The number of aromatic nitrogens is 1. The lowest BCUT2D eigenvalue weighted by Gasteiger charge is -2.12. The summed E-state index contributed by atoms with van der Waals surface area (Å²) in [6, 6.07) is 5.75. The van der Waals surface area contributed by atoms with Crippen molar-refractivity contribution in [2.75, 3.05) is 12.3 Å². The van der Waals surface area contributed by atoms with Gasteiger partial charge in [-0.15, -0.1) is 0 Å². The molecule has 0 unspecified atom stereocenters. The largest absolute Gasteiger partial charge is 0.293 e. The van der Waals surface area contributed by atoms with Crippen LogP contribution in [0.5, 0.6) is 0 Å². The minimum absolute atomic E-state index is 0.0500. The average molecular weight is 209 g/mol. The zero-order chi connectivity index (χ0) is 10.6. The van der Waals surface area contributed by atoms with Crippen LogP contribution in [0.15, 0.2) is 18.2 Å². The lowest BCUT2D eigenvalue weighted by atomic mass is 10.3. The van der Waals surface area contributed by atoms with E-state index in [1.165, 1.54) is 0 Å². The van der Waals surface area contributed by atoms with Crippen molar-refractivity contribution in [3.05, 3.63) is 23.9 Å². The van der Waals surface area contributed by atoms with Crippen LogP contribution in [0.25, 0.3) is 0 Å². The standard InChI is InChI=1S/C11H16NOP/c1-4-14(5-2)11-8-6-7-10(12-11)9(3)13/h6-8H,4-5H2,1-3H3. The van der Waals surface area contributed by atoms with Gasteiger partial charge in [-0.1, -0.05) is 27.8 Å². The molecule has 0 aliphatic rings. The van der Waals surface area contributed by atoms with Gasteiger partial charge >= 0.3 is 0 Å². The minimum Gasteiger partial charge on any atom is -0.293 e. The first-order chi connectivity index (χ1) is 6.69. The highest BCUT2D eigenvalue weighted by atomic mass is 31.1. The van der Waals surface area contributed by atoms with Gasteiger partial charge in [0.05, 0.1) is 5.44 Å². The van der Waals surface area contributed by atoms with Crippen molar-refractivity contribution in [1.29, 1.82) is 0 Å². The molecule has 0 aliphatic heterocycles. The summed E-state index contributed by atoms with van der Waals surface area (Å²) in [5, 5.41) is 0. The number of carbonyl (C=O) groups excluding carboxylic acids is 1. The van der Waals surface area contributed by atoms with E-state index in [4.69, 9.17) is 0 Å². The molecule has 3 heteroatoms. The number of pyridine rings is 1. The fourth-order valence-corrected chi connectivity index (χ4v) is 2.98. The van der Waals surface area contributed by atoms with Crippen molar-refractivity contribution in [3.63, 3.8) is 0 Å². The molecule has 0 bridgehead atoms. The molecular formula is C11H16NOP. The van der Waals surface area contributed by atoms with Crippen LogP contribution in [0.2, 0.25) is 0 Å². The first-order valence-corrected chi connectivity index (χ1v) is 6.63. The quantitative estimate of drug-likeness (QED) is 0.563. The fourth-order valence-electron chi connectivity index (χ4n) is 1.34. The Morgan fingerprint density at radius 2 is 2.00 bits per heavy atom. The van der Waals surface area contributed by atoms with Crippen LogP contribution in [0.1, 0.15) is 31.3 Å². The first kappa shape index (κ1) is 11.3. The Balaban J connectivity index is 2.98. The summed E-state index contributed by atoms with van der Waals surface area (Å²) < 4.78 is 0. The Hall–Kier alpha value is -0.750. The number of rotatable bonds is 4. The van der Waals surface area contributed by atoms with Gasteiger partial charge in [0.2, 0.25) is 0 Å². The van der Waals surface area contributed by atoms with E-state index in [0.29, 0.717) is 5.69 Å². The van der Waals surface area contributed by atoms with Crippen LogP contribution in [0, 0.1) is 0 Å². The van der Waals surface area contributed by atoms with E-state index in [1.807, 2.05) is 12.1 Å². The first-order valence-electron chi connectivity index (χ1n) is 4.92. The molecule has 14 heavy (non-hydrogen) atoms. The Labute approximate surface area is 86.5 Å². The van der Waals surface area contributed by atoms with Gasteiger partial charge in [-0.25, -0.2) is 4.98 Å². The van der Waals surface area contributed by atoms with E-state index in [2.05, 4.69) is 18.8 Å². The molecule has 0 saturated heterocycles. The Bertz CT molecular complexity index is 321. The third-order valence-corrected chi connectivity index (χ3v) is 4.61. The minimum atomic E-state index is -0.156. The smallest absolute Gasteiger partial charge is 0.178 e. The van der Waals surface area contributed by atoms with Crippen LogP contribution in [0.4, 0.5) is 0 Å². The van der Waals surface area contributed by atoms with Crippen LogP contribution < -0.4 is 5.44 Å². The molecule has 0 radical (unpaired) electrons. The molecule has 76 valence electrons. The van der Waals surface area contributed by atoms with E-state index < -0.39 is 0 Å². The lowest BCUT2D eigenvalue weighted by molar-refractivity contribution is 0.101. The zero-order valence-electron chi connectivity index (χ0n) is 8.95. The molecule has 0 aliphatic carbocycles. The summed E-state index contributed by atoms with van der Waals surface area (Å²) in [7, 11) is -0.156. The third-order valence-electron chi connectivity index (χ3n) is 2.18. The van der Waals surface area contributed by atoms with Crippen molar-refractivity contribution in [2.24, 2.45) is 0 Å². The van der Waals surface area contributed by atoms with Crippen molar-refractivity contribution in [2.45, 2.75) is 20.8 Å². The van der Waals surface area contributed by atoms with Gasteiger partial charge < -0.3 is 0 Å². The van der Waals surface area contributed by atoms with Gasteiger partial charge in [-0.3, -0.25) is 4.79 Å². The van der Waals surface area contributed by atoms with E-state index in [1.54, 1.807) is 13.0 Å². The summed E-state index contributed by atoms with van der Waals surface area (Å²) in [5.74, 6) is 0.0500. The Morgan fingerprint density at radius 1 is 1.36 bits per heavy atom. The molecule has 1 heterocycles. The number of nitrogens with zero attached hydrogens (tertiary/aromatic N) is 1. The molecule has 0 spiro atoms. The maximum Gasteiger partial charge on any atom is 0.178 e. The summed E-state index contributed by atoms with van der Waals surface area (Å²) in [4.78, 5) is 15.5. The van der Waals surface area contributed by atoms with Gasteiger partial charge in [0.25, 0.3) is 0 Å². The number of ketones is 1. The van der Waals surface area contributed by atoms with Gasteiger partial charge in [-0.05, 0) is 24.5 Å². The fraction of sp³-hybridized carbons (Fsp3) is 0.455. The maximum absolute atomic E-state index is 11.1. The molecule has 0 N–H and O–H groups in total. The summed E-state index contributed by atoms with van der Waals surface area (Å²) in [6.45, 7) is 5.92. The predicted octanol–water partition coefficient (Wildman–Crippen LogP) is 2.43. The van der Waals surface area contributed by atoms with E-state index in [9.17, 15) is 4.79 Å². The molecule has 1 aromatic heterocycles. The average Bonchev–Trinajstić information content (AvgIpc) is 2.20. The number of hydrogen-bond donors (Lipinski definition) is 0. The second-order valence-electron chi connectivity index (χ2n) is 3.11. The Morgan fingerprint density at radius 3 is 2.50 bits per heavy atom. The van der Waals surface area contributed by atoms with Crippen LogP contribution >= 0.6 is 7.92 Å². The van der Waals surface area contributed by atoms with Gasteiger partial charge in [0, 0.05) is 6.92 Å².